The lowest BCUT2D eigenvalue weighted by Gasteiger charge is -2.21. The Morgan fingerprint density at radius 2 is 2.11 bits per heavy atom. The van der Waals surface area contributed by atoms with Gasteiger partial charge >= 0.3 is 5.97 Å². The fraction of sp³-hybridized carbons (Fsp3) is 0.500. The van der Waals surface area contributed by atoms with Gasteiger partial charge in [0, 0.05) is 25.8 Å². The van der Waals surface area contributed by atoms with Crippen molar-refractivity contribution in [3.8, 4) is 0 Å². The molecule has 2 heterocycles. The Bertz CT molecular complexity index is 433. The minimum atomic E-state index is -1.11. The molecule has 1 aromatic heterocycles. The summed E-state index contributed by atoms with van der Waals surface area (Å²) in [5.74, 6) is -1.05. The van der Waals surface area contributed by atoms with Crippen LogP contribution in [0.5, 0.6) is 0 Å². The highest BCUT2D eigenvalue weighted by atomic mass is 16.5. The molecular weight excluding hydrogens is 238 g/mol. The van der Waals surface area contributed by atoms with Gasteiger partial charge in [-0.05, 0) is 18.8 Å². The zero-order valence-electron chi connectivity index (χ0n) is 9.85. The molecule has 1 aliphatic rings. The average molecular weight is 253 g/mol. The summed E-state index contributed by atoms with van der Waals surface area (Å²) in [5.41, 5.74) is -0.0220. The topological polar surface area (TPSA) is 88.8 Å². The number of rotatable bonds is 4. The molecule has 1 fully saturated rings. The Labute approximate surface area is 104 Å². The number of amides is 1. The van der Waals surface area contributed by atoms with Gasteiger partial charge in [0.25, 0.3) is 5.91 Å². The monoisotopic (exact) mass is 253 g/mol. The molecule has 1 aromatic rings. The van der Waals surface area contributed by atoms with Crippen molar-refractivity contribution < 1.29 is 23.8 Å². The molecule has 1 saturated heterocycles. The van der Waals surface area contributed by atoms with Gasteiger partial charge < -0.3 is 19.6 Å². The van der Waals surface area contributed by atoms with Crippen LogP contribution in [-0.4, -0.2) is 36.7 Å². The van der Waals surface area contributed by atoms with Crippen LogP contribution in [0.4, 0.5) is 0 Å². The predicted octanol–water partition coefficient (Wildman–Crippen LogP) is 1.13. The van der Waals surface area contributed by atoms with E-state index in [-0.39, 0.29) is 17.2 Å². The molecule has 0 atom stereocenters. The third kappa shape index (κ3) is 3.10. The van der Waals surface area contributed by atoms with Crippen molar-refractivity contribution in [2.75, 3.05) is 19.8 Å². The molecule has 0 aromatic carbocycles. The van der Waals surface area contributed by atoms with E-state index in [9.17, 15) is 9.59 Å². The van der Waals surface area contributed by atoms with Gasteiger partial charge in [-0.25, -0.2) is 4.79 Å². The smallest absolute Gasteiger partial charge is 0.338 e. The Kier molecular flexibility index (Phi) is 3.99. The number of carbonyl (C=O) groups excluding carboxylic acids is 1. The molecule has 6 nitrogen and oxygen atoms in total. The van der Waals surface area contributed by atoms with Gasteiger partial charge in [0.15, 0.2) is 5.76 Å². The Morgan fingerprint density at radius 1 is 1.39 bits per heavy atom. The van der Waals surface area contributed by atoms with Gasteiger partial charge in [0.1, 0.15) is 6.26 Å². The summed E-state index contributed by atoms with van der Waals surface area (Å²) in [6, 6.07) is 1.22. The Hall–Kier alpha value is -1.82. The standard InChI is InChI=1S/C12H15NO5/c14-11(10-5-9(7-18-10)12(15)16)13-6-8-1-3-17-4-2-8/h5,7-8H,1-4,6H2,(H,13,14)(H,15,16). The van der Waals surface area contributed by atoms with E-state index >= 15 is 0 Å². The van der Waals surface area contributed by atoms with E-state index in [1.54, 1.807) is 0 Å². The van der Waals surface area contributed by atoms with Gasteiger partial charge in [-0.3, -0.25) is 4.79 Å². The minimum Gasteiger partial charge on any atom is -0.478 e. The van der Waals surface area contributed by atoms with Gasteiger partial charge in [0.05, 0.1) is 5.56 Å². The SMILES string of the molecule is O=C(O)c1coc(C(=O)NCC2CCOCC2)c1. The molecule has 6 heteroatoms. The van der Waals surface area contributed by atoms with Crippen molar-refractivity contribution >= 4 is 11.9 Å². The van der Waals surface area contributed by atoms with Crippen molar-refractivity contribution in [1.29, 1.82) is 0 Å². The third-order valence-electron chi connectivity index (χ3n) is 2.96. The summed E-state index contributed by atoms with van der Waals surface area (Å²) in [6.45, 7) is 2.01. The van der Waals surface area contributed by atoms with Gasteiger partial charge in [-0.2, -0.15) is 0 Å². The second-order valence-electron chi connectivity index (χ2n) is 4.27. The van der Waals surface area contributed by atoms with Crippen LogP contribution in [0.1, 0.15) is 33.8 Å². The zero-order valence-corrected chi connectivity index (χ0v) is 9.85. The number of ether oxygens (including phenoxy) is 1. The van der Waals surface area contributed by atoms with Crippen LogP contribution in [0.3, 0.4) is 0 Å². The van der Waals surface area contributed by atoms with Crippen molar-refractivity contribution in [1.82, 2.24) is 5.32 Å². The first-order valence-corrected chi connectivity index (χ1v) is 5.84. The summed E-state index contributed by atoms with van der Waals surface area (Å²) in [7, 11) is 0. The van der Waals surface area contributed by atoms with E-state index in [0.29, 0.717) is 12.5 Å². The third-order valence-corrected chi connectivity index (χ3v) is 2.96. The van der Waals surface area contributed by atoms with Crippen molar-refractivity contribution in [2.45, 2.75) is 12.8 Å². The summed E-state index contributed by atoms with van der Waals surface area (Å²) >= 11 is 0. The molecule has 98 valence electrons. The maximum Gasteiger partial charge on any atom is 0.338 e. The molecule has 0 spiro atoms. The number of carbonyl (C=O) groups is 2. The number of hydrogen-bond donors (Lipinski definition) is 2. The quantitative estimate of drug-likeness (QED) is 0.839. The maximum absolute atomic E-state index is 11.7. The maximum atomic E-state index is 11.7. The first-order chi connectivity index (χ1) is 8.66. The number of carboxylic acids is 1. The van der Waals surface area contributed by atoms with Crippen LogP contribution < -0.4 is 5.32 Å². The number of furan rings is 1. The minimum absolute atomic E-state index is 0.0220. The van der Waals surface area contributed by atoms with Crippen LogP contribution in [0.25, 0.3) is 0 Å². The number of nitrogens with one attached hydrogen (secondary N) is 1. The molecule has 2 N–H and O–H groups in total. The van der Waals surface area contributed by atoms with Gasteiger partial charge in [-0.1, -0.05) is 0 Å². The second-order valence-corrected chi connectivity index (χ2v) is 4.27. The molecule has 0 bridgehead atoms. The molecule has 0 unspecified atom stereocenters. The summed E-state index contributed by atoms with van der Waals surface area (Å²) < 4.78 is 10.1. The lowest BCUT2D eigenvalue weighted by Crippen LogP contribution is -2.31. The molecule has 18 heavy (non-hydrogen) atoms. The number of carboxylic acid groups (broad SMARTS) is 1. The number of hydrogen-bond acceptors (Lipinski definition) is 4. The first-order valence-electron chi connectivity index (χ1n) is 5.84. The highest BCUT2D eigenvalue weighted by molar-refractivity contribution is 5.95. The van der Waals surface area contributed by atoms with Crippen LogP contribution in [0, 0.1) is 5.92 Å². The normalized spacial score (nSPS) is 16.4. The Morgan fingerprint density at radius 3 is 2.72 bits per heavy atom. The largest absolute Gasteiger partial charge is 0.478 e. The van der Waals surface area contributed by atoms with Crippen molar-refractivity contribution in [2.24, 2.45) is 5.92 Å². The van der Waals surface area contributed by atoms with Crippen molar-refractivity contribution in [3.05, 3.63) is 23.7 Å². The van der Waals surface area contributed by atoms with Crippen LogP contribution >= 0.6 is 0 Å². The van der Waals surface area contributed by atoms with Crippen LogP contribution in [0.2, 0.25) is 0 Å². The van der Waals surface area contributed by atoms with E-state index in [2.05, 4.69) is 5.32 Å². The van der Waals surface area contributed by atoms with Gasteiger partial charge in [0.2, 0.25) is 0 Å². The fourth-order valence-electron chi connectivity index (χ4n) is 1.84. The molecule has 1 amide bonds. The molecule has 2 rings (SSSR count). The summed E-state index contributed by atoms with van der Waals surface area (Å²) in [6.07, 6.45) is 2.92. The second kappa shape index (κ2) is 5.68. The van der Waals surface area contributed by atoms with Crippen molar-refractivity contribution in [3.63, 3.8) is 0 Å². The predicted molar refractivity (Wildman–Crippen MR) is 61.5 cm³/mol. The summed E-state index contributed by atoms with van der Waals surface area (Å²) in [5, 5.41) is 11.4. The zero-order chi connectivity index (χ0) is 13.0. The molecule has 0 saturated carbocycles. The molecule has 0 radical (unpaired) electrons. The highest BCUT2D eigenvalue weighted by Gasteiger charge is 2.18. The Balaban J connectivity index is 1.84. The van der Waals surface area contributed by atoms with E-state index < -0.39 is 5.97 Å². The van der Waals surface area contributed by atoms with E-state index in [4.69, 9.17) is 14.3 Å². The summed E-state index contributed by atoms with van der Waals surface area (Å²) in [4.78, 5) is 22.3. The molecule has 0 aliphatic carbocycles. The fourth-order valence-corrected chi connectivity index (χ4v) is 1.84. The first kappa shape index (κ1) is 12.6. The van der Waals surface area contributed by atoms with E-state index in [1.807, 2.05) is 0 Å². The lowest BCUT2D eigenvalue weighted by atomic mass is 10.0. The van der Waals surface area contributed by atoms with Gasteiger partial charge in [-0.15, -0.1) is 0 Å². The highest BCUT2D eigenvalue weighted by Crippen LogP contribution is 2.14. The molecular formula is C12H15NO5. The molecule has 1 aliphatic heterocycles. The van der Waals surface area contributed by atoms with Crippen LogP contribution in [-0.2, 0) is 4.74 Å². The lowest BCUT2D eigenvalue weighted by molar-refractivity contribution is 0.0639. The van der Waals surface area contributed by atoms with Crippen LogP contribution in [0.15, 0.2) is 16.7 Å². The van der Waals surface area contributed by atoms with E-state index in [0.717, 1.165) is 32.3 Å². The average Bonchev–Trinajstić information content (AvgIpc) is 2.87. The van der Waals surface area contributed by atoms with E-state index in [1.165, 1.54) is 6.07 Å². The number of aromatic carboxylic acids is 1.